The van der Waals surface area contributed by atoms with E-state index in [-0.39, 0.29) is 12.5 Å². The van der Waals surface area contributed by atoms with E-state index in [9.17, 15) is 9.59 Å². The van der Waals surface area contributed by atoms with Gasteiger partial charge in [0.1, 0.15) is 6.54 Å². The van der Waals surface area contributed by atoms with Crippen LogP contribution in [0, 0.1) is 0 Å². The van der Waals surface area contributed by atoms with Gasteiger partial charge >= 0.3 is 5.76 Å². The van der Waals surface area contributed by atoms with Crippen LogP contribution in [0.5, 0.6) is 0 Å². The summed E-state index contributed by atoms with van der Waals surface area (Å²) in [5.41, 5.74) is 1.78. The number of hydrogen-bond donors (Lipinski definition) is 1. The number of carbonyl (C=O) groups excluding carboxylic acids is 1. The Morgan fingerprint density at radius 1 is 1.05 bits per heavy atom. The summed E-state index contributed by atoms with van der Waals surface area (Å²) in [6, 6.07) is 16.1. The second-order valence-corrected chi connectivity index (χ2v) is 4.34. The van der Waals surface area contributed by atoms with Gasteiger partial charge in [0.25, 0.3) is 0 Å². The maximum Gasteiger partial charge on any atom is 0.420 e. The lowest BCUT2D eigenvalue weighted by Gasteiger charge is -2.05. The number of anilines is 1. The number of para-hydroxylation sites is 3. The highest BCUT2D eigenvalue weighted by atomic mass is 16.4. The molecule has 3 rings (SSSR count). The molecule has 2 aromatic carbocycles. The molecule has 3 aromatic rings. The van der Waals surface area contributed by atoms with Crippen molar-refractivity contribution in [2.45, 2.75) is 6.54 Å². The van der Waals surface area contributed by atoms with Crippen LogP contribution >= 0.6 is 0 Å². The van der Waals surface area contributed by atoms with Crippen molar-refractivity contribution in [2.24, 2.45) is 0 Å². The van der Waals surface area contributed by atoms with Gasteiger partial charge in [0.2, 0.25) is 5.91 Å². The highest BCUT2D eigenvalue weighted by Crippen LogP contribution is 2.12. The van der Waals surface area contributed by atoms with Crippen LogP contribution in [0.2, 0.25) is 0 Å². The number of amides is 1. The van der Waals surface area contributed by atoms with Gasteiger partial charge in [0.05, 0.1) is 5.52 Å². The van der Waals surface area contributed by atoms with Crippen molar-refractivity contribution >= 4 is 22.7 Å². The lowest BCUT2D eigenvalue weighted by Crippen LogP contribution is -2.24. The standard InChI is InChI=1S/C15H12N2O3/c18-14(16-11-6-2-1-3-7-11)10-17-12-8-4-5-9-13(12)20-15(17)19/h1-9H,10H2,(H,16,18). The molecule has 0 fully saturated rings. The highest BCUT2D eigenvalue weighted by Gasteiger charge is 2.12. The quantitative estimate of drug-likeness (QED) is 0.792. The van der Waals surface area contributed by atoms with E-state index in [2.05, 4.69) is 5.32 Å². The fourth-order valence-corrected chi connectivity index (χ4v) is 2.03. The lowest BCUT2D eigenvalue weighted by atomic mass is 10.3. The van der Waals surface area contributed by atoms with Crippen LogP contribution in [0.15, 0.2) is 63.8 Å². The van der Waals surface area contributed by atoms with E-state index in [0.29, 0.717) is 16.8 Å². The summed E-state index contributed by atoms with van der Waals surface area (Å²) in [6.45, 7) is -0.0786. The van der Waals surface area contributed by atoms with Crippen LogP contribution in [0.3, 0.4) is 0 Å². The molecular weight excluding hydrogens is 256 g/mol. The minimum Gasteiger partial charge on any atom is -0.408 e. The largest absolute Gasteiger partial charge is 0.420 e. The third-order valence-electron chi connectivity index (χ3n) is 2.93. The zero-order chi connectivity index (χ0) is 13.9. The average molecular weight is 268 g/mol. The van der Waals surface area contributed by atoms with Crippen LogP contribution in [0.4, 0.5) is 5.69 Å². The third kappa shape index (κ3) is 2.33. The molecule has 5 nitrogen and oxygen atoms in total. The van der Waals surface area contributed by atoms with Crippen molar-refractivity contribution in [3.05, 3.63) is 65.1 Å². The van der Waals surface area contributed by atoms with Gasteiger partial charge in [-0.3, -0.25) is 9.36 Å². The Kier molecular flexibility index (Phi) is 3.09. The Balaban J connectivity index is 1.85. The topological polar surface area (TPSA) is 64.2 Å². The number of oxazole rings is 1. The summed E-state index contributed by atoms with van der Waals surface area (Å²) in [7, 11) is 0. The summed E-state index contributed by atoms with van der Waals surface area (Å²) in [5.74, 6) is -0.806. The average Bonchev–Trinajstić information content (AvgIpc) is 2.76. The molecule has 0 atom stereocenters. The van der Waals surface area contributed by atoms with Crippen molar-refractivity contribution in [3.8, 4) is 0 Å². The number of fused-ring (bicyclic) bond motifs is 1. The fourth-order valence-electron chi connectivity index (χ4n) is 2.03. The van der Waals surface area contributed by atoms with E-state index in [1.165, 1.54) is 4.57 Å². The molecule has 0 aliphatic rings. The maximum atomic E-state index is 12.0. The second-order valence-electron chi connectivity index (χ2n) is 4.34. The molecular formula is C15H12N2O3. The lowest BCUT2D eigenvalue weighted by molar-refractivity contribution is -0.116. The first-order chi connectivity index (χ1) is 9.74. The molecule has 0 saturated heterocycles. The van der Waals surface area contributed by atoms with Crippen molar-refractivity contribution in [1.29, 1.82) is 0 Å². The Hall–Kier alpha value is -2.82. The summed E-state index contributed by atoms with van der Waals surface area (Å²) < 4.78 is 6.39. The zero-order valence-corrected chi connectivity index (χ0v) is 10.6. The molecule has 0 radical (unpaired) electrons. The van der Waals surface area contributed by atoms with E-state index in [1.54, 1.807) is 36.4 Å². The number of rotatable bonds is 3. The number of aromatic nitrogens is 1. The number of nitrogens with zero attached hydrogens (tertiary/aromatic N) is 1. The summed E-state index contributed by atoms with van der Waals surface area (Å²) in [5, 5.41) is 2.73. The first-order valence-corrected chi connectivity index (χ1v) is 6.17. The molecule has 0 aliphatic carbocycles. The number of nitrogens with one attached hydrogen (secondary N) is 1. The van der Waals surface area contributed by atoms with Gasteiger partial charge in [0, 0.05) is 5.69 Å². The Morgan fingerprint density at radius 2 is 1.75 bits per heavy atom. The summed E-state index contributed by atoms with van der Waals surface area (Å²) in [6.07, 6.45) is 0. The van der Waals surface area contributed by atoms with E-state index < -0.39 is 5.76 Å². The Labute approximate surface area is 114 Å². The van der Waals surface area contributed by atoms with Crippen LogP contribution in [0.25, 0.3) is 11.1 Å². The predicted molar refractivity (Wildman–Crippen MR) is 75.5 cm³/mol. The van der Waals surface area contributed by atoms with Crippen LogP contribution in [-0.2, 0) is 11.3 Å². The maximum absolute atomic E-state index is 12.0. The SMILES string of the molecule is O=C(Cn1c(=O)oc2ccccc21)Nc1ccccc1. The molecule has 0 aliphatic heterocycles. The summed E-state index contributed by atoms with van der Waals surface area (Å²) in [4.78, 5) is 23.7. The van der Waals surface area contributed by atoms with Crippen LogP contribution in [0.1, 0.15) is 0 Å². The van der Waals surface area contributed by atoms with Gasteiger partial charge in [-0.1, -0.05) is 30.3 Å². The Bertz CT molecular complexity index is 803. The van der Waals surface area contributed by atoms with Crippen LogP contribution < -0.4 is 11.1 Å². The predicted octanol–water partition coefficient (Wildman–Crippen LogP) is 2.23. The smallest absolute Gasteiger partial charge is 0.408 e. The van der Waals surface area contributed by atoms with Gasteiger partial charge < -0.3 is 9.73 Å². The van der Waals surface area contributed by atoms with Crippen molar-refractivity contribution in [3.63, 3.8) is 0 Å². The molecule has 1 heterocycles. The van der Waals surface area contributed by atoms with Crippen molar-refractivity contribution < 1.29 is 9.21 Å². The van der Waals surface area contributed by atoms with Crippen molar-refractivity contribution in [1.82, 2.24) is 4.57 Å². The third-order valence-corrected chi connectivity index (χ3v) is 2.93. The Morgan fingerprint density at radius 3 is 2.55 bits per heavy atom. The van der Waals surface area contributed by atoms with Gasteiger partial charge in [-0.15, -0.1) is 0 Å². The number of hydrogen-bond acceptors (Lipinski definition) is 3. The molecule has 1 aromatic heterocycles. The minimum absolute atomic E-state index is 0.0786. The van der Waals surface area contributed by atoms with Gasteiger partial charge in [-0.25, -0.2) is 4.79 Å². The first-order valence-electron chi connectivity index (χ1n) is 6.17. The molecule has 0 unspecified atom stereocenters. The highest BCUT2D eigenvalue weighted by molar-refractivity contribution is 5.91. The molecule has 0 spiro atoms. The number of benzene rings is 2. The molecule has 0 saturated carbocycles. The first kappa shape index (κ1) is 12.2. The van der Waals surface area contributed by atoms with Crippen LogP contribution in [-0.4, -0.2) is 10.5 Å². The van der Waals surface area contributed by atoms with Gasteiger partial charge in [-0.2, -0.15) is 0 Å². The molecule has 1 amide bonds. The van der Waals surface area contributed by atoms with Gasteiger partial charge in [0.15, 0.2) is 5.58 Å². The van der Waals surface area contributed by atoms with Gasteiger partial charge in [-0.05, 0) is 24.3 Å². The molecule has 1 N–H and O–H groups in total. The minimum atomic E-state index is -0.533. The zero-order valence-electron chi connectivity index (χ0n) is 10.6. The normalized spacial score (nSPS) is 10.6. The monoisotopic (exact) mass is 268 g/mol. The van der Waals surface area contributed by atoms with E-state index in [1.807, 2.05) is 18.2 Å². The van der Waals surface area contributed by atoms with E-state index in [0.717, 1.165) is 0 Å². The molecule has 0 bridgehead atoms. The number of carbonyl (C=O) groups is 1. The van der Waals surface area contributed by atoms with E-state index in [4.69, 9.17) is 4.42 Å². The fraction of sp³-hybridized carbons (Fsp3) is 0.0667. The van der Waals surface area contributed by atoms with Crippen molar-refractivity contribution in [2.75, 3.05) is 5.32 Å². The summed E-state index contributed by atoms with van der Waals surface area (Å²) >= 11 is 0. The molecule has 100 valence electrons. The molecule has 5 heteroatoms. The second kappa shape index (κ2) is 5.05. The van der Waals surface area contributed by atoms with E-state index >= 15 is 0 Å². The molecule has 20 heavy (non-hydrogen) atoms.